The minimum atomic E-state index is -0.189. The van der Waals surface area contributed by atoms with Gasteiger partial charge < -0.3 is 4.90 Å². The standard InChI is InChI=1S/C19H18N4O2/c1-13-5-2-6-14-18(13)21-12-22(19(14)25)11-17(24)23-10-4-7-15-16(23)8-3-9-20-15/h2-3,5-6,8-9,12H,4,7,10-11H2,1H3. The number of amides is 1. The molecule has 0 radical (unpaired) electrons. The number of nitrogens with zero attached hydrogens (tertiary/aromatic N) is 4. The lowest BCUT2D eigenvalue weighted by Gasteiger charge is -2.28. The molecule has 1 aliphatic rings. The van der Waals surface area contributed by atoms with E-state index in [2.05, 4.69) is 9.97 Å². The summed E-state index contributed by atoms with van der Waals surface area (Å²) < 4.78 is 1.38. The van der Waals surface area contributed by atoms with E-state index in [9.17, 15) is 9.59 Å². The molecule has 1 aromatic carbocycles. The third kappa shape index (κ3) is 2.69. The molecule has 6 heteroatoms. The van der Waals surface area contributed by atoms with Crippen LogP contribution in [0.15, 0.2) is 47.7 Å². The lowest BCUT2D eigenvalue weighted by molar-refractivity contribution is -0.119. The number of aryl methyl sites for hydroxylation is 2. The number of hydrogen-bond donors (Lipinski definition) is 0. The summed E-state index contributed by atoms with van der Waals surface area (Å²) in [5.41, 5.74) is 3.22. The third-order valence-electron chi connectivity index (χ3n) is 4.61. The zero-order valence-corrected chi connectivity index (χ0v) is 14.0. The van der Waals surface area contributed by atoms with E-state index in [1.807, 2.05) is 31.2 Å². The van der Waals surface area contributed by atoms with Crippen LogP contribution >= 0.6 is 0 Å². The van der Waals surface area contributed by atoms with Crippen molar-refractivity contribution in [2.45, 2.75) is 26.3 Å². The molecule has 3 aromatic rings. The van der Waals surface area contributed by atoms with Crippen LogP contribution in [0.1, 0.15) is 17.7 Å². The second kappa shape index (κ2) is 6.12. The highest BCUT2D eigenvalue weighted by molar-refractivity contribution is 5.94. The molecular formula is C19H18N4O2. The second-order valence-corrected chi connectivity index (χ2v) is 6.27. The predicted octanol–water partition coefficient (Wildman–Crippen LogP) is 2.08. The van der Waals surface area contributed by atoms with E-state index in [0.29, 0.717) is 17.4 Å². The molecule has 126 valence electrons. The van der Waals surface area contributed by atoms with Gasteiger partial charge in [-0.15, -0.1) is 0 Å². The van der Waals surface area contributed by atoms with Crippen LogP contribution in [0, 0.1) is 6.92 Å². The van der Waals surface area contributed by atoms with Gasteiger partial charge in [0.1, 0.15) is 6.54 Å². The number of carbonyl (C=O) groups excluding carboxylic acids is 1. The number of fused-ring (bicyclic) bond motifs is 2. The molecule has 0 atom stereocenters. The molecule has 0 saturated heterocycles. The average molecular weight is 334 g/mol. The monoisotopic (exact) mass is 334 g/mol. The molecular weight excluding hydrogens is 316 g/mol. The Hall–Kier alpha value is -3.02. The van der Waals surface area contributed by atoms with E-state index >= 15 is 0 Å². The Kier molecular flexibility index (Phi) is 3.80. The minimum absolute atomic E-state index is 0.0238. The summed E-state index contributed by atoms with van der Waals surface area (Å²) in [5.74, 6) is -0.121. The number of para-hydroxylation sites is 1. The van der Waals surface area contributed by atoms with Crippen LogP contribution in [0.25, 0.3) is 10.9 Å². The zero-order chi connectivity index (χ0) is 17.4. The zero-order valence-electron chi connectivity index (χ0n) is 14.0. The Morgan fingerprint density at radius 2 is 2.08 bits per heavy atom. The topological polar surface area (TPSA) is 68.1 Å². The highest BCUT2D eigenvalue weighted by Gasteiger charge is 2.23. The molecule has 4 rings (SSSR count). The molecule has 25 heavy (non-hydrogen) atoms. The molecule has 6 nitrogen and oxygen atoms in total. The molecule has 0 bridgehead atoms. The number of rotatable bonds is 2. The summed E-state index contributed by atoms with van der Waals surface area (Å²) in [4.78, 5) is 35.9. The van der Waals surface area contributed by atoms with Gasteiger partial charge in [-0.2, -0.15) is 0 Å². The van der Waals surface area contributed by atoms with E-state index in [1.165, 1.54) is 10.9 Å². The van der Waals surface area contributed by atoms with Crippen molar-refractivity contribution in [3.8, 4) is 0 Å². The van der Waals surface area contributed by atoms with Crippen LogP contribution in [0.5, 0.6) is 0 Å². The largest absolute Gasteiger partial charge is 0.309 e. The maximum atomic E-state index is 12.8. The van der Waals surface area contributed by atoms with Gasteiger partial charge in [0.2, 0.25) is 5.91 Å². The van der Waals surface area contributed by atoms with E-state index in [0.717, 1.165) is 29.8 Å². The summed E-state index contributed by atoms with van der Waals surface area (Å²) in [5, 5.41) is 0.538. The van der Waals surface area contributed by atoms with Crippen molar-refractivity contribution in [1.82, 2.24) is 14.5 Å². The molecule has 0 aliphatic carbocycles. The summed E-state index contributed by atoms with van der Waals surface area (Å²) in [6, 6.07) is 9.24. The van der Waals surface area contributed by atoms with Gasteiger partial charge in [0.15, 0.2) is 0 Å². The second-order valence-electron chi connectivity index (χ2n) is 6.27. The molecule has 1 amide bonds. The van der Waals surface area contributed by atoms with Gasteiger partial charge in [0.05, 0.1) is 28.6 Å². The number of carbonyl (C=O) groups is 1. The highest BCUT2D eigenvalue weighted by Crippen LogP contribution is 2.25. The molecule has 3 heterocycles. The molecule has 0 spiro atoms. The van der Waals surface area contributed by atoms with E-state index in [1.54, 1.807) is 17.2 Å². The van der Waals surface area contributed by atoms with Crippen LogP contribution in [0.3, 0.4) is 0 Å². The Balaban J connectivity index is 1.67. The Morgan fingerprint density at radius 1 is 1.20 bits per heavy atom. The van der Waals surface area contributed by atoms with Gasteiger partial charge >= 0.3 is 0 Å². The summed E-state index contributed by atoms with van der Waals surface area (Å²) in [7, 11) is 0. The van der Waals surface area contributed by atoms with Crippen molar-refractivity contribution in [3.05, 3.63) is 64.5 Å². The summed E-state index contributed by atoms with van der Waals surface area (Å²) in [6.45, 7) is 2.54. The average Bonchev–Trinajstić information content (AvgIpc) is 2.64. The number of anilines is 1. The lowest BCUT2D eigenvalue weighted by Crippen LogP contribution is -2.39. The number of aromatic nitrogens is 3. The van der Waals surface area contributed by atoms with Crippen LogP contribution in [0.2, 0.25) is 0 Å². The Bertz CT molecular complexity index is 1030. The molecule has 1 aliphatic heterocycles. The van der Waals surface area contributed by atoms with Crippen molar-refractivity contribution in [3.63, 3.8) is 0 Å². The van der Waals surface area contributed by atoms with Crippen molar-refractivity contribution in [2.24, 2.45) is 0 Å². The first-order valence-corrected chi connectivity index (χ1v) is 8.34. The summed E-state index contributed by atoms with van der Waals surface area (Å²) >= 11 is 0. The van der Waals surface area contributed by atoms with Crippen LogP contribution in [-0.4, -0.2) is 27.0 Å². The lowest BCUT2D eigenvalue weighted by atomic mass is 10.1. The number of hydrogen-bond acceptors (Lipinski definition) is 4. The van der Waals surface area contributed by atoms with Crippen molar-refractivity contribution < 1.29 is 4.79 Å². The first-order valence-electron chi connectivity index (χ1n) is 8.34. The molecule has 2 aromatic heterocycles. The normalized spacial score (nSPS) is 13.7. The number of pyridine rings is 1. The van der Waals surface area contributed by atoms with Crippen LogP contribution in [0.4, 0.5) is 5.69 Å². The van der Waals surface area contributed by atoms with Gasteiger partial charge in [0.25, 0.3) is 5.56 Å². The van der Waals surface area contributed by atoms with E-state index < -0.39 is 0 Å². The fraction of sp³-hybridized carbons (Fsp3) is 0.263. The van der Waals surface area contributed by atoms with Crippen molar-refractivity contribution in [2.75, 3.05) is 11.4 Å². The van der Waals surface area contributed by atoms with Crippen molar-refractivity contribution in [1.29, 1.82) is 0 Å². The van der Waals surface area contributed by atoms with Crippen LogP contribution < -0.4 is 10.5 Å². The quantitative estimate of drug-likeness (QED) is 0.719. The Labute approximate surface area is 144 Å². The molecule has 0 unspecified atom stereocenters. The Morgan fingerprint density at radius 3 is 2.96 bits per heavy atom. The maximum Gasteiger partial charge on any atom is 0.261 e. The van der Waals surface area contributed by atoms with Crippen molar-refractivity contribution >= 4 is 22.5 Å². The van der Waals surface area contributed by atoms with Gasteiger partial charge in [-0.25, -0.2) is 4.98 Å². The maximum absolute atomic E-state index is 12.8. The van der Waals surface area contributed by atoms with Gasteiger partial charge in [-0.1, -0.05) is 12.1 Å². The number of benzene rings is 1. The molecule has 0 fully saturated rings. The minimum Gasteiger partial charge on any atom is -0.309 e. The van der Waals surface area contributed by atoms with Gasteiger partial charge in [-0.05, 0) is 43.5 Å². The first-order chi connectivity index (χ1) is 12.1. The SMILES string of the molecule is Cc1cccc2c(=O)n(CC(=O)N3CCCc4ncccc43)cnc12. The highest BCUT2D eigenvalue weighted by atomic mass is 16.2. The van der Waals surface area contributed by atoms with Gasteiger partial charge in [0, 0.05) is 12.7 Å². The van der Waals surface area contributed by atoms with Crippen LogP contribution in [-0.2, 0) is 17.8 Å². The smallest absolute Gasteiger partial charge is 0.261 e. The van der Waals surface area contributed by atoms with E-state index in [-0.39, 0.29) is 18.0 Å². The molecule has 0 saturated carbocycles. The predicted molar refractivity (Wildman–Crippen MR) is 95.7 cm³/mol. The van der Waals surface area contributed by atoms with Gasteiger partial charge in [-0.3, -0.25) is 19.1 Å². The molecule has 0 N–H and O–H groups in total. The fourth-order valence-electron chi connectivity index (χ4n) is 3.33. The first kappa shape index (κ1) is 15.5. The fourth-order valence-corrected chi connectivity index (χ4v) is 3.33. The summed E-state index contributed by atoms with van der Waals surface area (Å²) in [6.07, 6.45) is 4.95. The van der Waals surface area contributed by atoms with E-state index in [4.69, 9.17) is 0 Å². The third-order valence-corrected chi connectivity index (χ3v) is 4.61.